The summed E-state index contributed by atoms with van der Waals surface area (Å²) in [5, 5.41) is 8.10. The summed E-state index contributed by atoms with van der Waals surface area (Å²) in [5.41, 5.74) is 0.904. The van der Waals surface area contributed by atoms with Gasteiger partial charge in [0.15, 0.2) is 0 Å². The summed E-state index contributed by atoms with van der Waals surface area (Å²) >= 11 is 0.177. The molecule has 0 saturated carbocycles. The summed E-state index contributed by atoms with van der Waals surface area (Å²) < 4.78 is 75.8. The molecule has 1 aromatic heterocycles. The SMILES string of the molecule is CN(C(=O)/C=C/[C@H](CCc1ccccc1)NC(=O)[C@@H]1CCN1OC(=O)C(F)(F)F)c1nnc(C(F)(F)F)s1. The van der Waals surface area contributed by atoms with Gasteiger partial charge in [-0.25, -0.2) is 4.79 Å². The molecular formula is C22H21F6N5O4S. The second kappa shape index (κ2) is 11.9. The van der Waals surface area contributed by atoms with Crippen LogP contribution in [0.4, 0.5) is 31.5 Å². The number of nitrogens with one attached hydrogen (secondary N) is 1. The predicted molar refractivity (Wildman–Crippen MR) is 121 cm³/mol. The Morgan fingerprint density at radius 2 is 1.87 bits per heavy atom. The maximum absolute atomic E-state index is 12.8. The Bertz CT molecular complexity index is 1170. The zero-order valence-corrected chi connectivity index (χ0v) is 20.4. The third-order valence-electron chi connectivity index (χ3n) is 5.36. The highest BCUT2D eigenvalue weighted by atomic mass is 32.1. The van der Waals surface area contributed by atoms with Crippen molar-refractivity contribution in [2.24, 2.45) is 0 Å². The van der Waals surface area contributed by atoms with Crippen LogP contribution in [0.1, 0.15) is 23.4 Å². The first-order valence-corrected chi connectivity index (χ1v) is 11.8. The third kappa shape index (κ3) is 7.74. The highest BCUT2D eigenvalue weighted by molar-refractivity contribution is 7.15. The zero-order chi connectivity index (χ0) is 28.1. The minimum atomic E-state index is -5.22. The molecule has 1 N–H and O–H groups in total. The third-order valence-corrected chi connectivity index (χ3v) is 6.41. The smallest absolute Gasteiger partial charge is 0.360 e. The average Bonchev–Trinajstić information content (AvgIpc) is 3.33. The fourth-order valence-corrected chi connectivity index (χ4v) is 3.90. The number of rotatable bonds is 9. The van der Waals surface area contributed by atoms with Gasteiger partial charge in [0.2, 0.25) is 16.0 Å². The van der Waals surface area contributed by atoms with E-state index in [9.17, 15) is 40.7 Å². The Balaban J connectivity index is 1.68. The van der Waals surface area contributed by atoms with E-state index in [0.29, 0.717) is 11.5 Å². The van der Waals surface area contributed by atoms with Crippen molar-refractivity contribution in [1.29, 1.82) is 0 Å². The first kappa shape index (κ1) is 29.0. The van der Waals surface area contributed by atoms with E-state index in [1.54, 1.807) is 12.1 Å². The van der Waals surface area contributed by atoms with Crippen LogP contribution in [0, 0.1) is 0 Å². The van der Waals surface area contributed by atoms with Gasteiger partial charge in [0.1, 0.15) is 6.04 Å². The van der Waals surface area contributed by atoms with Crippen LogP contribution in [-0.4, -0.2) is 64.9 Å². The predicted octanol–water partition coefficient (Wildman–Crippen LogP) is 3.29. The van der Waals surface area contributed by atoms with Crippen LogP contribution in [0.3, 0.4) is 0 Å². The van der Waals surface area contributed by atoms with Crippen molar-refractivity contribution in [3.05, 3.63) is 53.1 Å². The lowest BCUT2D eigenvalue weighted by Gasteiger charge is -2.37. The van der Waals surface area contributed by atoms with E-state index in [1.165, 1.54) is 13.1 Å². The van der Waals surface area contributed by atoms with Crippen LogP contribution in [-0.2, 0) is 31.8 Å². The van der Waals surface area contributed by atoms with Crippen molar-refractivity contribution in [1.82, 2.24) is 20.6 Å². The molecule has 0 radical (unpaired) electrons. The minimum Gasteiger partial charge on any atom is -0.360 e. The summed E-state index contributed by atoms with van der Waals surface area (Å²) in [4.78, 5) is 41.4. The van der Waals surface area contributed by atoms with E-state index in [0.717, 1.165) is 16.5 Å². The molecule has 3 rings (SSSR count). The monoisotopic (exact) mass is 565 g/mol. The van der Waals surface area contributed by atoms with Gasteiger partial charge in [0.25, 0.3) is 5.91 Å². The Morgan fingerprint density at radius 3 is 2.42 bits per heavy atom. The number of benzene rings is 1. The zero-order valence-electron chi connectivity index (χ0n) is 19.6. The van der Waals surface area contributed by atoms with Crippen molar-refractivity contribution >= 4 is 34.3 Å². The molecule has 1 aromatic carbocycles. The second-order valence-electron chi connectivity index (χ2n) is 8.10. The molecule has 1 aliphatic heterocycles. The van der Waals surface area contributed by atoms with E-state index >= 15 is 0 Å². The van der Waals surface area contributed by atoms with E-state index in [1.807, 2.05) is 18.2 Å². The van der Waals surface area contributed by atoms with Crippen molar-refractivity contribution in [3.8, 4) is 0 Å². The highest BCUT2D eigenvalue weighted by Gasteiger charge is 2.46. The van der Waals surface area contributed by atoms with Gasteiger partial charge in [-0.2, -0.15) is 26.3 Å². The quantitative estimate of drug-likeness (QED) is 0.368. The molecule has 0 spiro atoms. The molecule has 206 valence electrons. The standard InChI is InChI=1S/C22H21F6N5O4S/c1-32(20-31-30-18(38-20)21(23,24)25)16(34)10-9-14(8-7-13-5-3-2-4-6-13)29-17(35)15-11-12-33(15)37-19(36)22(26,27)28/h2-6,9-10,14-15H,7-8,11-12H2,1H3,(H,29,35)/b10-9+/t14-,15-/m0/s1. The number of carbonyl (C=O) groups excluding carboxylic acids is 3. The Morgan fingerprint density at radius 1 is 1.18 bits per heavy atom. The molecule has 0 unspecified atom stereocenters. The molecule has 0 aliphatic carbocycles. The molecule has 1 aliphatic rings. The van der Waals surface area contributed by atoms with Gasteiger partial charge in [-0.3, -0.25) is 14.5 Å². The fraction of sp³-hybridized carbons (Fsp3) is 0.409. The lowest BCUT2D eigenvalue weighted by atomic mass is 10.0. The maximum atomic E-state index is 12.8. The average molecular weight is 565 g/mol. The molecule has 2 heterocycles. The van der Waals surface area contributed by atoms with Crippen molar-refractivity contribution in [2.75, 3.05) is 18.5 Å². The van der Waals surface area contributed by atoms with Crippen LogP contribution in [0.2, 0.25) is 0 Å². The van der Waals surface area contributed by atoms with Crippen LogP contribution in [0.25, 0.3) is 0 Å². The molecule has 9 nitrogen and oxygen atoms in total. The van der Waals surface area contributed by atoms with Gasteiger partial charge in [0.05, 0.1) is 0 Å². The first-order valence-electron chi connectivity index (χ1n) is 11.0. The second-order valence-corrected chi connectivity index (χ2v) is 9.06. The topological polar surface area (TPSA) is 105 Å². The van der Waals surface area contributed by atoms with Gasteiger partial charge in [0, 0.05) is 25.7 Å². The van der Waals surface area contributed by atoms with Crippen LogP contribution in [0.15, 0.2) is 42.5 Å². The van der Waals surface area contributed by atoms with Crippen LogP contribution in [0.5, 0.6) is 0 Å². The molecule has 0 bridgehead atoms. The molecular weight excluding hydrogens is 544 g/mol. The molecule has 2 atom stereocenters. The van der Waals surface area contributed by atoms with E-state index < -0.39 is 47.2 Å². The summed E-state index contributed by atoms with van der Waals surface area (Å²) in [6.07, 6.45) is -6.74. The van der Waals surface area contributed by atoms with Crippen LogP contribution >= 0.6 is 11.3 Å². The first-order chi connectivity index (χ1) is 17.8. The number of hydrogen-bond acceptors (Lipinski definition) is 8. The lowest BCUT2D eigenvalue weighted by molar-refractivity contribution is -0.261. The number of likely N-dealkylation sites (N-methyl/N-ethyl adjacent to an activating group) is 1. The lowest BCUT2D eigenvalue weighted by Crippen LogP contribution is -2.58. The largest absolute Gasteiger partial charge is 0.492 e. The molecule has 38 heavy (non-hydrogen) atoms. The molecule has 1 fully saturated rings. The number of hydrogen-bond donors (Lipinski definition) is 1. The number of halogens is 6. The normalized spacial score (nSPS) is 17.1. The summed E-state index contributed by atoms with van der Waals surface area (Å²) in [6.45, 7) is -0.0739. The van der Waals surface area contributed by atoms with Gasteiger partial charge in [-0.05, 0) is 24.8 Å². The summed E-state index contributed by atoms with van der Waals surface area (Å²) in [6, 6.07) is 7.13. The van der Waals surface area contributed by atoms with Crippen molar-refractivity contribution in [3.63, 3.8) is 0 Å². The van der Waals surface area contributed by atoms with Crippen molar-refractivity contribution < 1.29 is 45.6 Å². The number of amides is 2. The number of aryl methyl sites for hydroxylation is 1. The van der Waals surface area contributed by atoms with Gasteiger partial charge in [-0.1, -0.05) is 47.7 Å². The fourth-order valence-electron chi connectivity index (χ4n) is 3.23. The molecule has 16 heteroatoms. The Kier molecular flexibility index (Phi) is 9.09. The highest BCUT2D eigenvalue weighted by Crippen LogP contribution is 2.34. The van der Waals surface area contributed by atoms with Gasteiger partial charge < -0.3 is 10.2 Å². The molecule has 1 saturated heterocycles. The van der Waals surface area contributed by atoms with E-state index in [2.05, 4.69) is 20.4 Å². The van der Waals surface area contributed by atoms with Crippen molar-refractivity contribution in [2.45, 2.75) is 43.7 Å². The number of nitrogens with zero attached hydrogens (tertiary/aromatic N) is 4. The number of anilines is 1. The molecule has 2 amide bonds. The summed E-state index contributed by atoms with van der Waals surface area (Å²) in [5.74, 6) is -3.93. The Hall–Kier alpha value is -3.53. The number of alkyl halides is 6. The Labute approximate surface area is 216 Å². The van der Waals surface area contributed by atoms with Gasteiger partial charge in [-0.15, -0.1) is 15.3 Å². The number of carbonyl (C=O) groups is 3. The minimum absolute atomic E-state index is 0.0739. The van der Waals surface area contributed by atoms with Gasteiger partial charge >= 0.3 is 18.3 Å². The van der Waals surface area contributed by atoms with E-state index in [-0.39, 0.29) is 35.9 Å². The summed E-state index contributed by atoms with van der Waals surface area (Å²) in [7, 11) is 1.20. The van der Waals surface area contributed by atoms with Crippen LogP contribution < -0.4 is 10.2 Å². The number of hydroxylamine groups is 2. The van der Waals surface area contributed by atoms with E-state index in [4.69, 9.17) is 0 Å². The molecule has 2 aromatic rings. The maximum Gasteiger partial charge on any atom is 0.492 e. The number of aromatic nitrogens is 2.